The lowest BCUT2D eigenvalue weighted by Gasteiger charge is -2.09. The van der Waals surface area contributed by atoms with Gasteiger partial charge in [-0.3, -0.25) is 9.89 Å². The topological polar surface area (TPSA) is 90.2 Å². The smallest absolute Gasteiger partial charge is 0.160 e. The molecule has 1 heterocycles. The number of unbranched alkanes of at least 4 members (excludes halogenated alkanes) is 11. The summed E-state index contributed by atoms with van der Waals surface area (Å²) in [5.74, 6) is 2.38. The number of benzene rings is 1. The second kappa shape index (κ2) is 16.2. The molecule has 0 spiro atoms. The number of rotatable bonds is 19. The molecule has 0 radical (unpaired) electrons. The summed E-state index contributed by atoms with van der Waals surface area (Å²) in [5, 5.41) is 6.53. The molecular formula is C27H43N3O3. The lowest BCUT2D eigenvalue weighted by atomic mass is 10.0. The number of nitrogens with two attached hydrogens (primary N) is 1. The monoisotopic (exact) mass is 457 g/mol. The average molecular weight is 458 g/mol. The third kappa shape index (κ3) is 10.8. The van der Waals surface area contributed by atoms with Gasteiger partial charge in [0, 0.05) is 18.4 Å². The zero-order valence-corrected chi connectivity index (χ0v) is 20.7. The molecule has 0 saturated carbocycles. The molecule has 0 aliphatic carbocycles. The van der Waals surface area contributed by atoms with Gasteiger partial charge in [-0.05, 0) is 37.0 Å². The van der Waals surface area contributed by atoms with Gasteiger partial charge in [-0.15, -0.1) is 0 Å². The molecule has 0 amide bonds. The highest BCUT2D eigenvalue weighted by atomic mass is 16.5. The number of Topliss-reactive ketones (excluding diaryl/α,β-unsaturated/α-hetero) is 1. The molecule has 0 fully saturated rings. The second-order valence-corrected chi connectivity index (χ2v) is 8.96. The third-order valence-electron chi connectivity index (χ3n) is 6.26. The maximum atomic E-state index is 12.0. The number of hydrogen-bond acceptors (Lipinski definition) is 5. The summed E-state index contributed by atoms with van der Waals surface area (Å²) in [6, 6.07) is 6.22. The predicted octanol–water partition coefficient (Wildman–Crippen LogP) is 6.43. The number of H-pyrrole nitrogens is 1. The normalized spacial score (nSPS) is 11.0. The van der Waals surface area contributed by atoms with Gasteiger partial charge in [0.25, 0.3) is 0 Å². The number of nitrogens with one attached hydrogen (secondary N) is 1. The molecule has 0 atom stereocenters. The molecule has 0 unspecified atom stereocenters. The Morgan fingerprint density at radius 1 is 0.848 bits per heavy atom. The highest BCUT2D eigenvalue weighted by Gasteiger charge is 2.08. The van der Waals surface area contributed by atoms with Gasteiger partial charge >= 0.3 is 0 Å². The van der Waals surface area contributed by atoms with Crippen LogP contribution in [0.5, 0.6) is 11.5 Å². The number of aromatic nitrogens is 2. The van der Waals surface area contributed by atoms with Crippen LogP contribution in [0.4, 0.5) is 5.82 Å². The van der Waals surface area contributed by atoms with Crippen molar-refractivity contribution in [3.63, 3.8) is 0 Å². The van der Waals surface area contributed by atoms with E-state index in [2.05, 4.69) is 22.3 Å². The minimum atomic E-state index is 0.256. The van der Waals surface area contributed by atoms with E-state index < -0.39 is 0 Å². The first-order valence-electron chi connectivity index (χ1n) is 12.6. The van der Waals surface area contributed by atoms with Crippen molar-refractivity contribution in [2.75, 3.05) is 20.0 Å². The number of nitrogens with zero attached hydrogens (tertiary/aromatic N) is 1. The summed E-state index contributed by atoms with van der Waals surface area (Å²) in [7, 11) is 3.36. The Labute approximate surface area is 199 Å². The second-order valence-electron chi connectivity index (χ2n) is 8.96. The van der Waals surface area contributed by atoms with Gasteiger partial charge in [0.15, 0.2) is 11.5 Å². The van der Waals surface area contributed by atoms with Crippen LogP contribution in [0.15, 0.2) is 24.4 Å². The van der Waals surface area contributed by atoms with Crippen molar-refractivity contribution in [1.82, 2.24) is 10.2 Å². The van der Waals surface area contributed by atoms with Crippen molar-refractivity contribution < 1.29 is 14.3 Å². The van der Waals surface area contributed by atoms with Crippen LogP contribution in [0.2, 0.25) is 0 Å². The zero-order chi connectivity index (χ0) is 23.7. The van der Waals surface area contributed by atoms with E-state index in [9.17, 15) is 4.79 Å². The van der Waals surface area contributed by atoms with Crippen LogP contribution in [0.1, 0.15) is 94.6 Å². The number of anilines is 1. The summed E-state index contributed by atoms with van der Waals surface area (Å²) >= 11 is 0. The van der Waals surface area contributed by atoms with E-state index in [1.54, 1.807) is 20.4 Å². The highest BCUT2D eigenvalue weighted by Crippen LogP contribution is 2.28. The van der Waals surface area contributed by atoms with E-state index in [4.69, 9.17) is 15.2 Å². The molecular weight excluding hydrogens is 414 g/mol. The molecule has 2 rings (SSSR count). The van der Waals surface area contributed by atoms with Crippen LogP contribution in [-0.2, 0) is 17.6 Å². The Bertz CT molecular complexity index is 804. The lowest BCUT2D eigenvalue weighted by molar-refractivity contribution is -0.118. The van der Waals surface area contributed by atoms with E-state index in [0.717, 1.165) is 36.3 Å². The highest BCUT2D eigenvalue weighted by molar-refractivity contribution is 5.81. The summed E-state index contributed by atoms with van der Waals surface area (Å²) in [5.41, 5.74) is 7.86. The molecule has 3 N–H and O–H groups in total. The van der Waals surface area contributed by atoms with Crippen molar-refractivity contribution in [3.8, 4) is 11.5 Å². The van der Waals surface area contributed by atoms with E-state index >= 15 is 0 Å². The Balaban J connectivity index is 1.35. The van der Waals surface area contributed by atoms with Gasteiger partial charge in [-0.2, -0.15) is 5.10 Å². The van der Waals surface area contributed by atoms with Crippen LogP contribution >= 0.6 is 0 Å². The quantitative estimate of drug-likeness (QED) is 0.237. The van der Waals surface area contributed by atoms with Gasteiger partial charge < -0.3 is 15.2 Å². The fourth-order valence-corrected chi connectivity index (χ4v) is 4.22. The van der Waals surface area contributed by atoms with Crippen molar-refractivity contribution >= 4 is 11.6 Å². The maximum absolute atomic E-state index is 12.0. The van der Waals surface area contributed by atoms with E-state index in [1.807, 2.05) is 6.07 Å². The molecule has 184 valence electrons. The van der Waals surface area contributed by atoms with Crippen LogP contribution in [-0.4, -0.2) is 30.2 Å². The largest absolute Gasteiger partial charge is 0.493 e. The maximum Gasteiger partial charge on any atom is 0.160 e. The Morgan fingerprint density at radius 2 is 1.42 bits per heavy atom. The summed E-state index contributed by atoms with van der Waals surface area (Å²) in [6.07, 6.45) is 19.0. The van der Waals surface area contributed by atoms with Crippen LogP contribution in [0.3, 0.4) is 0 Å². The molecule has 0 saturated heterocycles. The van der Waals surface area contributed by atoms with Gasteiger partial charge in [-0.25, -0.2) is 0 Å². The molecule has 1 aromatic heterocycles. The number of aromatic amines is 1. The third-order valence-corrected chi connectivity index (χ3v) is 6.26. The minimum Gasteiger partial charge on any atom is -0.493 e. The number of nitrogen functional groups attached to an aromatic ring is 1. The molecule has 0 aliphatic heterocycles. The summed E-state index contributed by atoms with van der Waals surface area (Å²) in [6.45, 7) is 0. The number of ether oxygens (including phenoxy) is 2. The van der Waals surface area contributed by atoms with Gasteiger partial charge in [0.05, 0.1) is 20.4 Å². The molecule has 6 nitrogen and oxygen atoms in total. The number of carbonyl (C=O) groups excluding carboxylic acids is 1. The molecule has 0 aliphatic rings. The Hall–Kier alpha value is -2.50. The van der Waals surface area contributed by atoms with Crippen LogP contribution < -0.4 is 15.2 Å². The van der Waals surface area contributed by atoms with Crippen molar-refractivity contribution in [2.24, 2.45) is 0 Å². The summed E-state index contributed by atoms with van der Waals surface area (Å²) in [4.78, 5) is 12.0. The number of methoxy groups -OCH3 is 2. The minimum absolute atomic E-state index is 0.256. The summed E-state index contributed by atoms with van der Waals surface area (Å²) < 4.78 is 10.7. The first-order chi connectivity index (χ1) is 16.1. The standard InChI is InChI=1S/C27H43N3O3/c1-32-25-18-17-22(19-26(25)33-2)15-13-11-9-7-5-3-4-6-8-10-12-14-16-24(31)20-23-21-29-30-27(23)28/h17-19,21H,3-16,20H2,1-2H3,(H3,28,29,30). The van der Waals surface area contributed by atoms with Crippen molar-refractivity contribution in [1.29, 1.82) is 0 Å². The Kier molecular flexibility index (Phi) is 13.1. The van der Waals surface area contributed by atoms with Gasteiger partial charge in [0.1, 0.15) is 11.6 Å². The van der Waals surface area contributed by atoms with Crippen LogP contribution in [0.25, 0.3) is 0 Å². The zero-order valence-electron chi connectivity index (χ0n) is 20.7. The lowest BCUT2D eigenvalue weighted by Crippen LogP contribution is -2.03. The fourth-order valence-electron chi connectivity index (χ4n) is 4.22. The first kappa shape index (κ1) is 26.7. The Morgan fingerprint density at radius 3 is 1.97 bits per heavy atom. The molecule has 1 aromatic carbocycles. The number of ketones is 1. The number of aryl methyl sites for hydroxylation is 1. The number of hydrogen-bond donors (Lipinski definition) is 2. The fraction of sp³-hybridized carbons (Fsp3) is 0.630. The van der Waals surface area contributed by atoms with E-state index in [-0.39, 0.29) is 5.78 Å². The first-order valence-corrected chi connectivity index (χ1v) is 12.6. The van der Waals surface area contributed by atoms with E-state index in [1.165, 1.54) is 69.8 Å². The SMILES string of the molecule is COc1ccc(CCCCCCCCCCCCCCC(=O)Cc2cn[nH]c2N)cc1OC. The molecule has 2 aromatic rings. The number of carbonyl (C=O) groups is 1. The average Bonchev–Trinajstić information content (AvgIpc) is 3.23. The molecule has 6 heteroatoms. The van der Waals surface area contributed by atoms with Crippen molar-refractivity contribution in [2.45, 2.75) is 96.3 Å². The molecule has 33 heavy (non-hydrogen) atoms. The van der Waals surface area contributed by atoms with Gasteiger partial charge in [0.2, 0.25) is 0 Å². The van der Waals surface area contributed by atoms with Gasteiger partial charge in [-0.1, -0.05) is 70.3 Å². The molecule has 0 bridgehead atoms. The van der Waals surface area contributed by atoms with E-state index in [0.29, 0.717) is 18.7 Å². The predicted molar refractivity (Wildman–Crippen MR) is 135 cm³/mol. The van der Waals surface area contributed by atoms with Crippen molar-refractivity contribution in [3.05, 3.63) is 35.5 Å². The van der Waals surface area contributed by atoms with Crippen LogP contribution in [0, 0.1) is 0 Å².